The molecular formula is C12H12BrFN2O. The van der Waals surface area contributed by atoms with E-state index in [1.165, 1.54) is 18.2 Å². The first-order valence-electron chi connectivity index (χ1n) is 5.24. The van der Waals surface area contributed by atoms with E-state index in [0.29, 0.717) is 12.0 Å². The molecule has 0 saturated heterocycles. The Morgan fingerprint density at radius 1 is 1.65 bits per heavy atom. The molecule has 1 unspecified atom stereocenters. The average molecular weight is 299 g/mol. The van der Waals surface area contributed by atoms with Gasteiger partial charge in [0.05, 0.1) is 10.5 Å². The zero-order valence-corrected chi connectivity index (χ0v) is 10.9. The number of hydrogen-bond acceptors (Lipinski definition) is 2. The first-order valence-corrected chi connectivity index (χ1v) is 6.03. The lowest BCUT2D eigenvalue weighted by atomic mass is 10.1. The number of carbonyl (C=O) groups excluding carboxylic acids is 1. The summed E-state index contributed by atoms with van der Waals surface area (Å²) in [7, 11) is 0. The number of amides is 1. The Morgan fingerprint density at radius 2 is 2.35 bits per heavy atom. The summed E-state index contributed by atoms with van der Waals surface area (Å²) < 4.78 is 13.2. The highest BCUT2D eigenvalue weighted by molar-refractivity contribution is 9.10. The van der Waals surface area contributed by atoms with Crippen molar-refractivity contribution in [2.45, 2.75) is 25.8 Å². The molecule has 1 N–H and O–H groups in total. The smallest absolute Gasteiger partial charge is 0.252 e. The highest BCUT2D eigenvalue weighted by Gasteiger charge is 2.13. The van der Waals surface area contributed by atoms with E-state index in [9.17, 15) is 9.18 Å². The van der Waals surface area contributed by atoms with E-state index in [-0.39, 0.29) is 10.4 Å². The van der Waals surface area contributed by atoms with Crippen LogP contribution in [0, 0.1) is 17.1 Å². The summed E-state index contributed by atoms with van der Waals surface area (Å²) in [6, 6.07) is 5.50. The second-order valence-corrected chi connectivity index (χ2v) is 4.43. The number of benzene rings is 1. The predicted molar refractivity (Wildman–Crippen MR) is 65.9 cm³/mol. The van der Waals surface area contributed by atoms with Crippen LogP contribution in [0.25, 0.3) is 0 Å². The first-order chi connectivity index (χ1) is 8.08. The largest absolute Gasteiger partial charge is 0.336 e. The number of nitriles is 1. The zero-order chi connectivity index (χ0) is 12.8. The molecule has 1 aromatic rings. The second-order valence-electron chi connectivity index (χ2n) is 3.57. The Labute approximate surface area is 108 Å². The van der Waals surface area contributed by atoms with Crippen molar-refractivity contribution in [3.05, 3.63) is 34.1 Å². The Hall–Kier alpha value is -1.41. The lowest BCUT2D eigenvalue weighted by Gasteiger charge is -2.10. The Kier molecular flexibility index (Phi) is 5.11. The second kappa shape index (κ2) is 6.36. The lowest BCUT2D eigenvalue weighted by molar-refractivity contribution is 0.0944. The van der Waals surface area contributed by atoms with Gasteiger partial charge in [0.25, 0.3) is 5.91 Å². The average Bonchev–Trinajstić information content (AvgIpc) is 2.31. The fourth-order valence-electron chi connectivity index (χ4n) is 1.34. The molecule has 0 bridgehead atoms. The van der Waals surface area contributed by atoms with Crippen molar-refractivity contribution in [3.63, 3.8) is 0 Å². The molecular weight excluding hydrogens is 287 g/mol. The van der Waals surface area contributed by atoms with Gasteiger partial charge in [-0.1, -0.05) is 13.3 Å². The van der Waals surface area contributed by atoms with Crippen molar-refractivity contribution >= 4 is 21.8 Å². The van der Waals surface area contributed by atoms with Crippen molar-refractivity contribution in [2.75, 3.05) is 0 Å². The summed E-state index contributed by atoms with van der Waals surface area (Å²) in [4.78, 5) is 11.7. The van der Waals surface area contributed by atoms with Gasteiger partial charge in [-0.2, -0.15) is 5.26 Å². The van der Waals surface area contributed by atoms with Gasteiger partial charge in [0, 0.05) is 5.56 Å². The zero-order valence-electron chi connectivity index (χ0n) is 9.34. The topological polar surface area (TPSA) is 52.9 Å². The van der Waals surface area contributed by atoms with Gasteiger partial charge in [0.1, 0.15) is 11.9 Å². The molecule has 17 heavy (non-hydrogen) atoms. The number of hydrogen-bond donors (Lipinski definition) is 1. The number of rotatable bonds is 4. The summed E-state index contributed by atoms with van der Waals surface area (Å²) in [5, 5.41) is 11.4. The minimum absolute atomic E-state index is 0.231. The van der Waals surface area contributed by atoms with Crippen molar-refractivity contribution < 1.29 is 9.18 Å². The third kappa shape index (κ3) is 3.82. The molecule has 0 radical (unpaired) electrons. The number of carbonyl (C=O) groups is 1. The van der Waals surface area contributed by atoms with E-state index < -0.39 is 11.9 Å². The van der Waals surface area contributed by atoms with Gasteiger partial charge in [-0.3, -0.25) is 4.79 Å². The highest BCUT2D eigenvalue weighted by Crippen LogP contribution is 2.16. The first kappa shape index (κ1) is 13.7. The molecule has 0 aromatic heterocycles. The molecule has 1 amide bonds. The Balaban J connectivity index is 2.76. The van der Waals surface area contributed by atoms with Crippen molar-refractivity contribution in [3.8, 4) is 6.07 Å². The fraction of sp³-hybridized carbons (Fsp3) is 0.333. The maximum absolute atomic E-state index is 13.0. The van der Waals surface area contributed by atoms with E-state index in [1.54, 1.807) is 0 Å². The number of halogens is 2. The molecule has 0 fully saturated rings. The Bertz CT molecular complexity index is 456. The maximum atomic E-state index is 13.0. The molecule has 90 valence electrons. The van der Waals surface area contributed by atoms with Gasteiger partial charge in [-0.05, 0) is 40.5 Å². The van der Waals surface area contributed by atoms with Crippen LogP contribution in [0.2, 0.25) is 0 Å². The third-order valence-corrected chi connectivity index (χ3v) is 2.83. The van der Waals surface area contributed by atoms with Crippen LogP contribution in [-0.4, -0.2) is 11.9 Å². The van der Waals surface area contributed by atoms with E-state index in [0.717, 1.165) is 6.42 Å². The minimum atomic E-state index is -0.503. The fourth-order valence-corrected chi connectivity index (χ4v) is 1.72. The molecule has 0 aliphatic rings. The SMILES string of the molecule is CCCC(C#N)NC(=O)c1ccc(F)c(Br)c1. The third-order valence-electron chi connectivity index (χ3n) is 2.22. The summed E-state index contributed by atoms with van der Waals surface area (Å²) in [6.07, 6.45) is 1.41. The Morgan fingerprint density at radius 3 is 2.88 bits per heavy atom. The molecule has 0 aliphatic carbocycles. The molecule has 0 spiro atoms. The summed E-state index contributed by atoms with van der Waals surface area (Å²) >= 11 is 3.01. The molecule has 1 rings (SSSR count). The van der Waals surface area contributed by atoms with Gasteiger partial charge in [0.15, 0.2) is 0 Å². The van der Waals surface area contributed by atoms with Crippen LogP contribution in [0.1, 0.15) is 30.1 Å². The predicted octanol–water partition coefficient (Wildman–Crippen LogP) is 3.01. The van der Waals surface area contributed by atoms with Gasteiger partial charge in [0.2, 0.25) is 0 Å². The molecule has 5 heteroatoms. The summed E-state index contributed by atoms with van der Waals surface area (Å²) in [6.45, 7) is 1.94. The van der Waals surface area contributed by atoms with Crippen LogP contribution >= 0.6 is 15.9 Å². The standard InChI is InChI=1S/C12H12BrFN2O/c1-2-3-9(7-15)16-12(17)8-4-5-11(14)10(13)6-8/h4-6,9H,2-3H2,1H3,(H,16,17). The van der Waals surface area contributed by atoms with Crippen LogP contribution in [0.4, 0.5) is 4.39 Å². The van der Waals surface area contributed by atoms with E-state index in [1.807, 2.05) is 13.0 Å². The molecule has 1 aromatic carbocycles. The summed E-state index contributed by atoms with van der Waals surface area (Å²) in [5.74, 6) is -0.794. The quantitative estimate of drug-likeness (QED) is 0.929. The highest BCUT2D eigenvalue weighted by atomic mass is 79.9. The molecule has 3 nitrogen and oxygen atoms in total. The monoisotopic (exact) mass is 298 g/mol. The van der Waals surface area contributed by atoms with Crippen molar-refractivity contribution in [1.82, 2.24) is 5.32 Å². The van der Waals surface area contributed by atoms with Crippen LogP contribution in [0.15, 0.2) is 22.7 Å². The molecule has 0 saturated carbocycles. The number of nitrogens with zero attached hydrogens (tertiary/aromatic N) is 1. The minimum Gasteiger partial charge on any atom is -0.336 e. The van der Waals surface area contributed by atoms with Crippen LogP contribution < -0.4 is 5.32 Å². The van der Waals surface area contributed by atoms with Gasteiger partial charge < -0.3 is 5.32 Å². The molecule has 0 heterocycles. The van der Waals surface area contributed by atoms with Gasteiger partial charge in [-0.15, -0.1) is 0 Å². The normalized spacial score (nSPS) is 11.6. The van der Waals surface area contributed by atoms with Crippen molar-refractivity contribution in [2.24, 2.45) is 0 Å². The van der Waals surface area contributed by atoms with Crippen LogP contribution in [-0.2, 0) is 0 Å². The van der Waals surface area contributed by atoms with Gasteiger partial charge in [-0.25, -0.2) is 4.39 Å². The van der Waals surface area contributed by atoms with Crippen LogP contribution in [0.5, 0.6) is 0 Å². The van der Waals surface area contributed by atoms with E-state index in [2.05, 4.69) is 21.2 Å². The lowest BCUT2D eigenvalue weighted by Crippen LogP contribution is -2.33. The number of nitrogens with one attached hydrogen (secondary N) is 1. The van der Waals surface area contributed by atoms with Crippen molar-refractivity contribution in [1.29, 1.82) is 5.26 Å². The van der Waals surface area contributed by atoms with E-state index in [4.69, 9.17) is 5.26 Å². The molecule has 0 aliphatic heterocycles. The summed E-state index contributed by atoms with van der Waals surface area (Å²) in [5.41, 5.74) is 0.328. The van der Waals surface area contributed by atoms with Crippen LogP contribution in [0.3, 0.4) is 0 Å². The molecule has 1 atom stereocenters. The van der Waals surface area contributed by atoms with E-state index >= 15 is 0 Å². The van der Waals surface area contributed by atoms with Gasteiger partial charge >= 0.3 is 0 Å². The maximum Gasteiger partial charge on any atom is 0.252 e.